The summed E-state index contributed by atoms with van der Waals surface area (Å²) in [7, 11) is 3.39. The molecular weight excluding hydrogens is 210 g/mol. The second-order valence-corrected chi connectivity index (χ2v) is 4.06. The Labute approximate surface area is 94.7 Å². The van der Waals surface area contributed by atoms with Crippen LogP contribution < -0.4 is 0 Å². The van der Waals surface area contributed by atoms with Crippen LogP contribution in [-0.2, 0) is 14.3 Å². The lowest BCUT2D eigenvalue weighted by atomic mass is 9.91. The molecule has 0 radical (unpaired) electrons. The monoisotopic (exact) mass is 227 g/mol. The molecule has 5 heteroatoms. The van der Waals surface area contributed by atoms with Gasteiger partial charge in [0.15, 0.2) is 5.78 Å². The molecule has 90 valence electrons. The van der Waals surface area contributed by atoms with Gasteiger partial charge in [0.1, 0.15) is 5.57 Å². The van der Waals surface area contributed by atoms with Crippen LogP contribution in [0.25, 0.3) is 0 Å². The molecule has 5 nitrogen and oxygen atoms in total. The molecule has 1 fully saturated rings. The Morgan fingerprint density at radius 2 is 1.88 bits per heavy atom. The highest BCUT2D eigenvalue weighted by Crippen LogP contribution is 2.19. The van der Waals surface area contributed by atoms with Crippen LogP contribution in [0.15, 0.2) is 11.8 Å². The average Bonchev–Trinajstić information content (AvgIpc) is 2.25. The SMILES string of the molecule is CN(C)C=C(C(=O)O)C(=O)C1CCOCC1. The molecule has 0 aromatic carbocycles. The highest BCUT2D eigenvalue weighted by molar-refractivity contribution is 6.17. The van der Waals surface area contributed by atoms with Gasteiger partial charge in [-0.25, -0.2) is 4.79 Å². The molecule has 0 aromatic rings. The fourth-order valence-corrected chi connectivity index (χ4v) is 1.66. The van der Waals surface area contributed by atoms with Crippen LogP contribution in [0.1, 0.15) is 12.8 Å². The van der Waals surface area contributed by atoms with Gasteiger partial charge in [0, 0.05) is 39.4 Å². The minimum Gasteiger partial charge on any atom is -0.478 e. The van der Waals surface area contributed by atoms with Crippen LogP contribution >= 0.6 is 0 Å². The van der Waals surface area contributed by atoms with E-state index in [0.29, 0.717) is 26.1 Å². The Balaban J connectivity index is 2.78. The van der Waals surface area contributed by atoms with Crippen LogP contribution in [0, 0.1) is 5.92 Å². The summed E-state index contributed by atoms with van der Waals surface area (Å²) in [5, 5.41) is 8.98. The minimum atomic E-state index is -1.16. The molecule has 0 aromatic heterocycles. The summed E-state index contributed by atoms with van der Waals surface area (Å²) in [5.74, 6) is -1.66. The maximum absolute atomic E-state index is 11.9. The summed E-state index contributed by atoms with van der Waals surface area (Å²) in [6.07, 6.45) is 2.58. The van der Waals surface area contributed by atoms with Crippen LogP contribution in [0.5, 0.6) is 0 Å². The topological polar surface area (TPSA) is 66.8 Å². The molecule has 0 aliphatic carbocycles. The summed E-state index contributed by atoms with van der Waals surface area (Å²) in [6.45, 7) is 1.07. The van der Waals surface area contributed by atoms with Gasteiger partial charge in [0.05, 0.1) is 0 Å². The summed E-state index contributed by atoms with van der Waals surface area (Å²) in [5.41, 5.74) is -0.142. The minimum absolute atomic E-state index is 0.142. The van der Waals surface area contributed by atoms with E-state index in [0.717, 1.165) is 0 Å². The summed E-state index contributed by atoms with van der Waals surface area (Å²) >= 11 is 0. The highest BCUT2D eigenvalue weighted by atomic mass is 16.5. The number of nitrogens with zero attached hydrogens (tertiary/aromatic N) is 1. The number of carboxylic acid groups (broad SMARTS) is 1. The molecule has 0 unspecified atom stereocenters. The average molecular weight is 227 g/mol. The first-order valence-corrected chi connectivity index (χ1v) is 5.26. The zero-order chi connectivity index (χ0) is 12.1. The number of hydrogen-bond donors (Lipinski definition) is 1. The lowest BCUT2D eigenvalue weighted by Crippen LogP contribution is -2.28. The number of carbonyl (C=O) groups is 2. The van der Waals surface area contributed by atoms with E-state index in [2.05, 4.69) is 0 Å². The molecule has 1 N–H and O–H groups in total. The van der Waals surface area contributed by atoms with Gasteiger partial charge in [-0.3, -0.25) is 4.79 Å². The predicted molar refractivity (Wildman–Crippen MR) is 58.0 cm³/mol. The number of carboxylic acids is 1. The van der Waals surface area contributed by atoms with E-state index in [1.165, 1.54) is 6.20 Å². The Bertz CT molecular complexity index is 303. The second kappa shape index (κ2) is 5.65. The second-order valence-electron chi connectivity index (χ2n) is 4.06. The Morgan fingerprint density at radius 1 is 1.31 bits per heavy atom. The zero-order valence-corrected chi connectivity index (χ0v) is 9.60. The fourth-order valence-electron chi connectivity index (χ4n) is 1.66. The standard InChI is InChI=1S/C11H17NO4/c1-12(2)7-9(11(14)15)10(13)8-3-5-16-6-4-8/h7-8H,3-6H2,1-2H3,(H,14,15). The largest absolute Gasteiger partial charge is 0.478 e. The first kappa shape index (κ1) is 12.7. The van der Waals surface area contributed by atoms with Crippen molar-refractivity contribution < 1.29 is 19.4 Å². The fraction of sp³-hybridized carbons (Fsp3) is 0.636. The van der Waals surface area contributed by atoms with Crippen LogP contribution in [0.3, 0.4) is 0 Å². The first-order chi connectivity index (χ1) is 7.52. The molecule has 1 saturated heterocycles. The van der Waals surface area contributed by atoms with Crippen molar-refractivity contribution >= 4 is 11.8 Å². The zero-order valence-electron chi connectivity index (χ0n) is 9.60. The number of hydrogen-bond acceptors (Lipinski definition) is 4. The van der Waals surface area contributed by atoms with Gasteiger partial charge in [0.25, 0.3) is 0 Å². The molecule has 0 spiro atoms. The maximum Gasteiger partial charge on any atom is 0.340 e. The Hall–Kier alpha value is -1.36. The quantitative estimate of drug-likeness (QED) is 0.430. The van der Waals surface area contributed by atoms with Crippen molar-refractivity contribution in [3.8, 4) is 0 Å². The number of Topliss-reactive ketones (excluding diaryl/α,β-unsaturated/α-hetero) is 1. The molecule has 1 heterocycles. The molecule has 1 aliphatic rings. The van der Waals surface area contributed by atoms with Gasteiger partial charge < -0.3 is 14.7 Å². The maximum atomic E-state index is 11.9. The van der Waals surface area contributed by atoms with E-state index in [-0.39, 0.29) is 17.3 Å². The van der Waals surface area contributed by atoms with Crippen molar-refractivity contribution in [1.82, 2.24) is 4.90 Å². The molecule has 0 bridgehead atoms. The van der Waals surface area contributed by atoms with Crippen molar-refractivity contribution in [2.24, 2.45) is 5.92 Å². The number of aliphatic carboxylic acids is 1. The molecule has 1 aliphatic heterocycles. The molecule has 0 saturated carbocycles. The third-order valence-corrected chi connectivity index (χ3v) is 2.48. The van der Waals surface area contributed by atoms with Gasteiger partial charge in [-0.05, 0) is 12.8 Å². The predicted octanol–water partition coefficient (Wildman–Crippen LogP) is 0.512. The lowest BCUT2D eigenvalue weighted by Gasteiger charge is -2.21. The Morgan fingerprint density at radius 3 is 2.31 bits per heavy atom. The van der Waals surface area contributed by atoms with Gasteiger partial charge in [0.2, 0.25) is 0 Å². The number of ketones is 1. The molecule has 0 atom stereocenters. The van der Waals surface area contributed by atoms with E-state index in [9.17, 15) is 9.59 Å². The Kier molecular flexibility index (Phi) is 4.49. The van der Waals surface area contributed by atoms with Crippen LogP contribution in [0.4, 0.5) is 0 Å². The summed E-state index contributed by atoms with van der Waals surface area (Å²) in [4.78, 5) is 24.5. The van der Waals surface area contributed by atoms with Gasteiger partial charge in [-0.2, -0.15) is 0 Å². The van der Waals surface area contributed by atoms with Crippen molar-refractivity contribution in [1.29, 1.82) is 0 Å². The van der Waals surface area contributed by atoms with Crippen molar-refractivity contribution in [2.75, 3.05) is 27.3 Å². The molecular formula is C11H17NO4. The van der Waals surface area contributed by atoms with Crippen molar-refractivity contribution in [2.45, 2.75) is 12.8 Å². The highest BCUT2D eigenvalue weighted by Gasteiger charge is 2.28. The summed E-state index contributed by atoms with van der Waals surface area (Å²) in [6, 6.07) is 0. The third-order valence-electron chi connectivity index (χ3n) is 2.48. The molecule has 0 amide bonds. The van der Waals surface area contributed by atoms with Crippen molar-refractivity contribution in [3.63, 3.8) is 0 Å². The van der Waals surface area contributed by atoms with E-state index >= 15 is 0 Å². The smallest absolute Gasteiger partial charge is 0.340 e. The normalized spacial score (nSPS) is 18.2. The van der Waals surface area contributed by atoms with Gasteiger partial charge in [-0.1, -0.05) is 0 Å². The lowest BCUT2D eigenvalue weighted by molar-refractivity contribution is -0.136. The van der Waals surface area contributed by atoms with Gasteiger partial charge in [-0.15, -0.1) is 0 Å². The van der Waals surface area contributed by atoms with Gasteiger partial charge >= 0.3 is 5.97 Å². The van der Waals surface area contributed by atoms with Crippen LogP contribution in [-0.4, -0.2) is 49.1 Å². The molecule has 1 rings (SSSR count). The van der Waals surface area contributed by atoms with Crippen molar-refractivity contribution in [3.05, 3.63) is 11.8 Å². The van der Waals surface area contributed by atoms with Crippen LogP contribution in [0.2, 0.25) is 0 Å². The molecule has 16 heavy (non-hydrogen) atoms. The number of carbonyl (C=O) groups excluding carboxylic acids is 1. The first-order valence-electron chi connectivity index (χ1n) is 5.26. The number of ether oxygens (including phenoxy) is 1. The number of rotatable bonds is 4. The summed E-state index contributed by atoms with van der Waals surface area (Å²) < 4.78 is 5.14. The van der Waals surface area contributed by atoms with E-state index in [1.807, 2.05) is 0 Å². The third kappa shape index (κ3) is 3.34. The van der Waals surface area contributed by atoms with E-state index < -0.39 is 5.97 Å². The van der Waals surface area contributed by atoms with E-state index in [4.69, 9.17) is 9.84 Å². The van der Waals surface area contributed by atoms with E-state index in [1.54, 1.807) is 19.0 Å².